The Morgan fingerprint density at radius 1 is 1.28 bits per heavy atom. The lowest BCUT2D eigenvalue weighted by molar-refractivity contribution is 0.421. The minimum Gasteiger partial charge on any atom is -0.444 e. The standard InChI is InChI=1S/C14H17IN2O/c1-14(2,3)16-8-10-9-18-13(17-10)11-6-4-5-7-12(11)15/h4-7,9,16H,8H2,1-3H3. The zero-order valence-electron chi connectivity index (χ0n) is 10.8. The first-order valence-corrected chi connectivity index (χ1v) is 6.98. The summed E-state index contributed by atoms with van der Waals surface area (Å²) in [5, 5.41) is 3.39. The number of nitrogens with one attached hydrogen (secondary N) is 1. The summed E-state index contributed by atoms with van der Waals surface area (Å²) in [6.07, 6.45) is 1.72. The smallest absolute Gasteiger partial charge is 0.227 e. The van der Waals surface area contributed by atoms with Crippen molar-refractivity contribution < 1.29 is 4.42 Å². The van der Waals surface area contributed by atoms with Gasteiger partial charge in [-0.3, -0.25) is 0 Å². The van der Waals surface area contributed by atoms with Crippen LogP contribution in [0.5, 0.6) is 0 Å². The van der Waals surface area contributed by atoms with E-state index in [1.165, 1.54) is 0 Å². The first-order chi connectivity index (χ1) is 8.46. The van der Waals surface area contributed by atoms with Crippen LogP contribution in [0.25, 0.3) is 11.5 Å². The van der Waals surface area contributed by atoms with Crippen LogP contribution in [0.3, 0.4) is 0 Å². The molecular weight excluding hydrogens is 339 g/mol. The van der Waals surface area contributed by atoms with Crippen molar-refractivity contribution in [3.05, 3.63) is 39.8 Å². The molecule has 0 fully saturated rings. The fourth-order valence-corrected chi connectivity index (χ4v) is 2.12. The maximum absolute atomic E-state index is 5.54. The van der Waals surface area contributed by atoms with E-state index in [9.17, 15) is 0 Å². The van der Waals surface area contributed by atoms with Gasteiger partial charge in [-0.2, -0.15) is 0 Å². The first kappa shape index (κ1) is 13.5. The van der Waals surface area contributed by atoms with Gasteiger partial charge in [-0.15, -0.1) is 0 Å². The van der Waals surface area contributed by atoms with Gasteiger partial charge >= 0.3 is 0 Å². The zero-order chi connectivity index (χ0) is 13.2. The van der Waals surface area contributed by atoms with Crippen molar-refractivity contribution in [1.29, 1.82) is 0 Å². The van der Waals surface area contributed by atoms with Crippen molar-refractivity contribution in [3.8, 4) is 11.5 Å². The lowest BCUT2D eigenvalue weighted by Crippen LogP contribution is -2.35. The molecule has 0 aliphatic carbocycles. The van der Waals surface area contributed by atoms with Crippen LogP contribution < -0.4 is 5.32 Å². The number of hydrogen-bond donors (Lipinski definition) is 1. The Morgan fingerprint density at radius 2 is 2.00 bits per heavy atom. The van der Waals surface area contributed by atoms with Crippen molar-refractivity contribution >= 4 is 22.6 Å². The molecule has 0 amide bonds. The van der Waals surface area contributed by atoms with Crippen LogP contribution in [0.15, 0.2) is 34.9 Å². The molecule has 0 bridgehead atoms. The van der Waals surface area contributed by atoms with Crippen LogP contribution in [0.4, 0.5) is 0 Å². The molecule has 96 valence electrons. The highest BCUT2D eigenvalue weighted by Gasteiger charge is 2.12. The molecule has 3 nitrogen and oxygen atoms in total. The van der Waals surface area contributed by atoms with Gasteiger partial charge in [0, 0.05) is 15.7 Å². The molecule has 0 radical (unpaired) electrons. The fourth-order valence-electron chi connectivity index (χ4n) is 1.50. The molecule has 0 saturated carbocycles. The van der Waals surface area contributed by atoms with Gasteiger partial charge in [0.05, 0.1) is 11.3 Å². The predicted molar refractivity (Wildman–Crippen MR) is 81.2 cm³/mol. The molecule has 4 heteroatoms. The van der Waals surface area contributed by atoms with Gasteiger partial charge < -0.3 is 9.73 Å². The number of benzene rings is 1. The minimum atomic E-state index is 0.0836. The second kappa shape index (κ2) is 5.40. The average molecular weight is 356 g/mol. The van der Waals surface area contributed by atoms with Crippen LogP contribution in [0, 0.1) is 3.57 Å². The number of halogens is 1. The summed E-state index contributed by atoms with van der Waals surface area (Å²) < 4.78 is 6.69. The molecule has 0 unspecified atom stereocenters. The third-order valence-corrected chi connectivity index (χ3v) is 3.40. The van der Waals surface area contributed by atoms with E-state index in [2.05, 4.69) is 53.7 Å². The lowest BCUT2D eigenvalue weighted by atomic mass is 10.1. The quantitative estimate of drug-likeness (QED) is 0.850. The molecule has 0 atom stereocenters. The van der Waals surface area contributed by atoms with E-state index in [0.29, 0.717) is 5.89 Å². The molecule has 1 aromatic carbocycles. The molecule has 0 spiro atoms. The largest absolute Gasteiger partial charge is 0.444 e. The Kier molecular flexibility index (Phi) is 4.07. The number of oxazole rings is 1. The van der Waals surface area contributed by atoms with Crippen molar-refractivity contribution in [1.82, 2.24) is 10.3 Å². The number of aromatic nitrogens is 1. The summed E-state index contributed by atoms with van der Waals surface area (Å²) in [6.45, 7) is 7.12. The van der Waals surface area contributed by atoms with Crippen LogP contribution in [0.2, 0.25) is 0 Å². The van der Waals surface area contributed by atoms with Gasteiger partial charge in [0.1, 0.15) is 6.26 Å². The molecule has 1 N–H and O–H groups in total. The third-order valence-electron chi connectivity index (χ3n) is 2.46. The number of nitrogens with zero attached hydrogens (tertiary/aromatic N) is 1. The van der Waals surface area contributed by atoms with E-state index >= 15 is 0 Å². The maximum atomic E-state index is 5.54. The maximum Gasteiger partial charge on any atom is 0.227 e. The van der Waals surface area contributed by atoms with Crippen LogP contribution in [-0.2, 0) is 6.54 Å². The second-order valence-electron chi connectivity index (χ2n) is 5.23. The lowest BCUT2D eigenvalue weighted by Gasteiger charge is -2.19. The van der Waals surface area contributed by atoms with Gasteiger partial charge in [-0.25, -0.2) is 4.98 Å². The second-order valence-corrected chi connectivity index (χ2v) is 6.39. The fraction of sp³-hybridized carbons (Fsp3) is 0.357. The highest BCUT2D eigenvalue weighted by molar-refractivity contribution is 14.1. The predicted octanol–water partition coefficient (Wildman–Crippen LogP) is 3.83. The number of hydrogen-bond acceptors (Lipinski definition) is 3. The van der Waals surface area contributed by atoms with Gasteiger partial charge in [-0.1, -0.05) is 12.1 Å². The third kappa shape index (κ3) is 3.55. The minimum absolute atomic E-state index is 0.0836. The van der Waals surface area contributed by atoms with E-state index in [-0.39, 0.29) is 5.54 Å². The topological polar surface area (TPSA) is 38.1 Å². The van der Waals surface area contributed by atoms with Crippen LogP contribution >= 0.6 is 22.6 Å². The van der Waals surface area contributed by atoms with Crippen LogP contribution in [0.1, 0.15) is 26.5 Å². The first-order valence-electron chi connectivity index (χ1n) is 5.90. The molecular formula is C14H17IN2O. The molecule has 0 aliphatic heterocycles. The van der Waals surface area contributed by atoms with Crippen molar-refractivity contribution in [2.45, 2.75) is 32.9 Å². The van der Waals surface area contributed by atoms with Gasteiger partial charge in [0.2, 0.25) is 5.89 Å². The Labute approximate surface area is 121 Å². The van der Waals surface area contributed by atoms with Crippen LogP contribution in [-0.4, -0.2) is 10.5 Å². The SMILES string of the molecule is CC(C)(C)NCc1coc(-c2ccccc2I)n1. The molecule has 0 saturated heterocycles. The Hall–Kier alpha value is -0.880. The summed E-state index contributed by atoms with van der Waals surface area (Å²) in [7, 11) is 0. The van der Waals surface area contributed by atoms with E-state index in [1.807, 2.05) is 24.3 Å². The Bertz CT molecular complexity index is 529. The molecule has 2 rings (SSSR count). The molecule has 2 aromatic rings. The Morgan fingerprint density at radius 3 is 2.67 bits per heavy atom. The van der Waals surface area contributed by atoms with Gasteiger partial charge in [0.15, 0.2) is 0 Å². The zero-order valence-corrected chi connectivity index (χ0v) is 13.0. The van der Waals surface area contributed by atoms with E-state index in [0.717, 1.165) is 21.4 Å². The van der Waals surface area contributed by atoms with Gasteiger partial charge in [-0.05, 0) is 55.5 Å². The van der Waals surface area contributed by atoms with E-state index < -0.39 is 0 Å². The summed E-state index contributed by atoms with van der Waals surface area (Å²) in [6, 6.07) is 8.08. The summed E-state index contributed by atoms with van der Waals surface area (Å²) >= 11 is 2.29. The highest BCUT2D eigenvalue weighted by Crippen LogP contribution is 2.24. The summed E-state index contributed by atoms with van der Waals surface area (Å²) in [5.74, 6) is 0.686. The Balaban J connectivity index is 2.14. The highest BCUT2D eigenvalue weighted by atomic mass is 127. The average Bonchev–Trinajstić information content (AvgIpc) is 2.75. The van der Waals surface area contributed by atoms with Crippen molar-refractivity contribution in [2.24, 2.45) is 0 Å². The molecule has 1 aromatic heterocycles. The van der Waals surface area contributed by atoms with Crippen molar-refractivity contribution in [3.63, 3.8) is 0 Å². The monoisotopic (exact) mass is 356 g/mol. The summed E-state index contributed by atoms with van der Waals surface area (Å²) in [4.78, 5) is 4.51. The number of rotatable bonds is 3. The van der Waals surface area contributed by atoms with Crippen molar-refractivity contribution in [2.75, 3.05) is 0 Å². The normalized spacial score (nSPS) is 11.8. The molecule has 18 heavy (non-hydrogen) atoms. The van der Waals surface area contributed by atoms with Gasteiger partial charge in [0.25, 0.3) is 0 Å². The van der Waals surface area contributed by atoms with E-state index in [1.54, 1.807) is 6.26 Å². The molecule has 0 aliphatic rings. The van der Waals surface area contributed by atoms with E-state index in [4.69, 9.17) is 4.42 Å². The molecule has 1 heterocycles. The summed E-state index contributed by atoms with van der Waals surface area (Å²) in [5.41, 5.74) is 2.06.